The van der Waals surface area contributed by atoms with Crippen molar-refractivity contribution in [2.24, 2.45) is 0 Å². The van der Waals surface area contributed by atoms with Crippen molar-refractivity contribution in [1.29, 1.82) is 0 Å². The zero-order valence-electron chi connectivity index (χ0n) is 10.3. The van der Waals surface area contributed by atoms with E-state index in [0.29, 0.717) is 0 Å². The van der Waals surface area contributed by atoms with E-state index in [9.17, 15) is 4.79 Å². The van der Waals surface area contributed by atoms with E-state index in [4.69, 9.17) is 0 Å². The van der Waals surface area contributed by atoms with Gasteiger partial charge < -0.3 is 9.88 Å². The first-order valence-electron chi connectivity index (χ1n) is 5.81. The molecule has 0 saturated carbocycles. The Morgan fingerprint density at radius 3 is 2.88 bits per heavy atom. The SMILES string of the molecule is CC(NC(=O)C(C)(C)Br)c1nnc2n1CCC2. The van der Waals surface area contributed by atoms with Crippen LogP contribution in [0.15, 0.2) is 0 Å². The minimum atomic E-state index is -0.560. The Hall–Kier alpha value is -0.910. The van der Waals surface area contributed by atoms with Gasteiger partial charge in [-0.2, -0.15) is 0 Å². The first-order chi connectivity index (χ1) is 7.89. The van der Waals surface area contributed by atoms with E-state index in [0.717, 1.165) is 31.0 Å². The van der Waals surface area contributed by atoms with Crippen LogP contribution in [0.1, 0.15) is 44.9 Å². The number of rotatable bonds is 3. The van der Waals surface area contributed by atoms with Crippen LogP contribution in [0, 0.1) is 0 Å². The third kappa shape index (κ3) is 2.51. The van der Waals surface area contributed by atoms with Crippen LogP contribution in [0.3, 0.4) is 0 Å². The van der Waals surface area contributed by atoms with Crippen LogP contribution in [0.4, 0.5) is 0 Å². The van der Waals surface area contributed by atoms with Crippen molar-refractivity contribution in [1.82, 2.24) is 20.1 Å². The van der Waals surface area contributed by atoms with E-state index in [2.05, 4.69) is 36.0 Å². The number of aromatic nitrogens is 3. The summed E-state index contributed by atoms with van der Waals surface area (Å²) >= 11 is 3.34. The number of carbonyl (C=O) groups excluding carboxylic acids is 1. The fourth-order valence-electron chi connectivity index (χ4n) is 1.93. The highest BCUT2D eigenvalue weighted by molar-refractivity contribution is 9.10. The second kappa shape index (κ2) is 4.40. The van der Waals surface area contributed by atoms with Gasteiger partial charge in [0.15, 0.2) is 5.82 Å². The molecule has 1 aliphatic heterocycles. The topological polar surface area (TPSA) is 59.8 Å². The van der Waals surface area contributed by atoms with Crippen molar-refractivity contribution in [2.45, 2.75) is 50.5 Å². The predicted octanol–water partition coefficient (Wildman–Crippen LogP) is 1.57. The molecule has 1 N–H and O–H groups in total. The van der Waals surface area contributed by atoms with Gasteiger partial charge in [-0.1, -0.05) is 15.9 Å². The normalized spacial score (nSPS) is 16.7. The lowest BCUT2D eigenvalue weighted by Gasteiger charge is -2.20. The van der Waals surface area contributed by atoms with E-state index in [1.807, 2.05) is 20.8 Å². The molecule has 2 rings (SSSR count). The molecule has 0 saturated heterocycles. The Balaban J connectivity index is 2.10. The Labute approximate surface area is 109 Å². The molecule has 0 aromatic carbocycles. The van der Waals surface area contributed by atoms with Crippen LogP contribution in [-0.4, -0.2) is 25.0 Å². The summed E-state index contributed by atoms with van der Waals surface area (Å²) < 4.78 is 1.54. The van der Waals surface area contributed by atoms with Crippen LogP contribution >= 0.6 is 15.9 Å². The first kappa shape index (κ1) is 12.5. The molecular weight excluding hydrogens is 284 g/mol. The van der Waals surface area contributed by atoms with E-state index < -0.39 is 4.32 Å². The van der Waals surface area contributed by atoms with Crippen LogP contribution in [0.5, 0.6) is 0 Å². The van der Waals surface area contributed by atoms with Crippen LogP contribution < -0.4 is 5.32 Å². The second-order valence-electron chi connectivity index (χ2n) is 4.90. The summed E-state index contributed by atoms with van der Waals surface area (Å²) in [4.78, 5) is 11.9. The van der Waals surface area contributed by atoms with Gasteiger partial charge in [0, 0.05) is 13.0 Å². The third-order valence-corrected chi connectivity index (χ3v) is 3.27. The molecule has 5 nitrogen and oxygen atoms in total. The fourth-order valence-corrected chi connectivity index (χ4v) is 2.04. The lowest BCUT2D eigenvalue weighted by Crippen LogP contribution is -2.39. The quantitative estimate of drug-likeness (QED) is 0.862. The average molecular weight is 301 g/mol. The highest BCUT2D eigenvalue weighted by atomic mass is 79.9. The first-order valence-corrected chi connectivity index (χ1v) is 6.61. The molecule has 1 aliphatic rings. The molecule has 0 aliphatic carbocycles. The largest absolute Gasteiger partial charge is 0.345 e. The van der Waals surface area contributed by atoms with Gasteiger partial charge in [-0.15, -0.1) is 10.2 Å². The molecule has 2 heterocycles. The summed E-state index contributed by atoms with van der Waals surface area (Å²) in [5.41, 5.74) is 0. The second-order valence-corrected chi connectivity index (χ2v) is 6.88. The lowest BCUT2D eigenvalue weighted by atomic mass is 10.2. The van der Waals surface area contributed by atoms with Crippen molar-refractivity contribution in [3.63, 3.8) is 0 Å². The Bertz CT molecular complexity index is 435. The number of amides is 1. The van der Waals surface area contributed by atoms with Gasteiger partial charge in [0.2, 0.25) is 5.91 Å². The van der Waals surface area contributed by atoms with E-state index in [1.165, 1.54) is 0 Å². The third-order valence-electron chi connectivity index (χ3n) is 2.91. The van der Waals surface area contributed by atoms with Gasteiger partial charge in [-0.05, 0) is 27.2 Å². The van der Waals surface area contributed by atoms with E-state index in [1.54, 1.807) is 0 Å². The summed E-state index contributed by atoms with van der Waals surface area (Å²) in [7, 11) is 0. The van der Waals surface area contributed by atoms with Gasteiger partial charge in [0.1, 0.15) is 5.82 Å². The van der Waals surface area contributed by atoms with E-state index >= 15 is 0 Å². The van der Waals surface area contributed by atoms with Crippen molar-refractivity contribution >= 4 is 21.8 Å². The Morgan fingerprint density at radius 1 is 1.53 bits per heavy atom. The van der Waals surface area contributed by atoms with Crippen molar-refractivity contribution in [2.75, 3.05) is 0 Å². The van der Waals surface area contributed by atoms with Crippen molar-refractivity contribution in [3.8, 4) is 0 Å². The summed E-state index contributed by atoms with van der Waals surface area (Å²) in [6, 6.07) is -0.112. The molecule has 0 bridgehead atoms. The minimum Gasteiger partial charge on any atom is -0.345 e. The van der Waals surface area contributed by atoms with Gasteiger partial charge in [0.05, 0.1) is 10.4 Å². The minimum absolute atomic E-state index is 0.0413. The van der Waals surface area contributed by atoms with Gasteiger partial charge in [0.25, 0.3) is 0 Å². The molecule has 0 fully saturated rings. The number of aryl methyl sites for hydroxylation is 1. The molecule has 1 aromatic heterocycles. The average Bonchev–Trinajstić information content (AvgIpc) is 2.75. The number of nitrogens with one attached hydrogen (secondary N) is 1. The van der Waals surface area contributed by atoms with E-state index in [-0.39, 0.29) is 11.9 Å². The van der Waals surface area contributed by atoms with Crippen LogP contribution in [-0.2, 0) is 17.8 Å². The van der Waals surface area contributed by atoms with Crippen LogP contribution in [0.2, 0.25) is 0 Å². The molecule has 6 heteroatoms. The number of nitrogens with zero attached hydrogens (tertiary/aromatic N) is 3. The maximum Gasteiger partial charge on any atom is 0.236 e. The summed E-state index contributed by atoms with van der Waals surface area (Å²) in [5, 5.41) is 11.2. The standard InChI is InChI=1S/C11H17BrN4O/c1-7(13-10(17)11(2,3)12)9-15-14-8-5-4-6-16(8)9/h7H,4-6H2,1-3H3,(H,13,17). The molecule has 17 heavy (non-hydrogen) atoms. The molecule has 1 amide bonds. The monoisotopic (exact) mass is 300 g/mol. The maximum absolute atomic E-state index is 11.9. The molecule has 0 radical (unpaired) electrons. The summed E-state index contributed by atoms with van der Waals surface area (Å²) in [5.74, 6) is 1.84. The molecule has 1 unspecified atom stereocenters. The molecular formula is C11H17BrN4O. The Kier molecular flexibility index (Phi) is 3.25. The summed E-state index contributed by atoms with van der Waals surface area (Å²) in [6.07, 6.45) is 2.10. The van der Waals surface area contributed by atoms with Gasteiger partial charge >= 0.3 is 0 Å². The molecule has 94 valence electrons. The maximum atomic E-state index is 11.9. The number of fused-ring (bicyclic) bond motifs is 1. The zero-order chi connectivity index (χ0) is 12.6. The zero-order valence-corrected chi connectivity index (χ0v) is 11.9. The molecule has 0 spiro atoms. The number of hydrogen-bond acceptors (Lipinski definition) is 3. The highest BCUT2D eigenvalue weighted by Gasteiger charge is 2.28. The fraction of sp³-hybridized carbons (Fsp3) is 0.727. The summed E-state index contributed by atoms with van der Waals surface area (Å²) in [6.45, 7) is 6.54. The van der Waals surface area contributed by atoms with Crippen LogP contribution in [0.25, 0.3) is 0 Å². The smallest absolute Gasteiger partial charge is 0.236 e. The number of carbonyl (C=O) groups is 1. The van der Waals surface area contributed by atoms with Gasteiger partial charge in [-0.25, -0.2) is 0 Å². The number of halogens is 1. The highest BCUT2D eigenvalue weighted by Crippen LogP contribution is 2.21. The van der Waals surface area contributed by atoms with Gasteiger partial charge in [-0.3, -0.25) is 4.79 Å². The predicted molar refractivity (Wildman–Crippen MR) is 67.9 cm³/mol. The van der Waals surface area contributed by atoms with Crippen molar-refractivity contribution < 1.29 is 4.79 Å². The lowest BCUT2D eigenvalue weighted by molar-refractivity contribution is -0.123. The number of alkyl halides is 1. The Morgan fingerprint density at radius 2 is 2.24 bits per heavy atom. The van der Waals surface area contributed by atoms with Crippen molar-refractivity contribution in [3.05, 3.63) is 11.6 Å². The molecule has 1 aromatic rings. The molecule has 1 atom stereocenters. The number of hydrogen-bond donors (Lipinski definition) is 1.